The Bertz CT molecular complexity index is 377. The molecule has 2 N–H and O–H groups in total. The van der Waals surface area contributed by atoms with Gasteiger partial charge in [0.2, 0.25) is 0 Å². The quantitative estimate of drug-likeness (QED) is 0.801. The average molecular weight is 262 g/mol. The minimum atomic E-state index is 0.599. The maximum absolute atomic E-state index is 5.72. The second kappa shape index (κ2) is 6.92. The van der Waals surface area contributed by atoms with Crippen LogP contribution < -0.4 is 5.73 Å². The van der Waals surface area contributed by atoms with E-state index in [0.29, 0.717) is 5.92 Å². The highest BCUT2D eigenvalue weighted by Crippen LogP contribution is 2.23. The van der Waals surface area contributed by atoms with E-state index in [2.05, 4.69) is 24.0 Å². The molecule has 3 heteroatoms. The van der Waals surface area contributed by atoms with Crippen LogP contribution in [0.25, 0.3) is 0 Å². The van der Waals surface area contributed by atoms with Gasteiger partial charge in [0.25, 0.3) is 0 Å². The molecule has 0 aromatic heterocycles. The molecule has 2 rings (SSSR count). The zero-order valence-corrected chi connectivity index (χ0v) is 12.1. The summed E-state index contributed by atoms with van der Waals surface area (Å²) in [5.74, 6) is 1.33. The summed E-state index contributed by atoms with van der Waals surface area (Å²) in [5.41, 5.74) is 7.96. The van der Waals surface area contributed by atoms with E-state index in [4.69, 9.17) is 10.5 Å². The molecular formula is C16H26N2O. The Morgan fingerprint density at radius 3 is 2.79 bits per heavy atom. The number of benzene rings is 1. The molecule has 0 radical (unpaired) electrons. The zero-order valence-electron chi connectivity index (χ0n) is 12.1. The maximum Gasteiger partial charge on any atom is 0.0503 e. The molecule has 1 aliphatic rings. The van der Waals surface area contributed by atoms with Crippen LogP contribution >= 0.6 is 0 Å². The van der Waals surface area contributed by atoms with E-state index >= 15 is 0 Å². The zero-order chi connectivity index (χ0) is 13.7. The number of nitrogens with two attached hydrogens (primary N) is 1. The van der Waals surface area contributed by atoms with E-state index in [-0.39, 0.29) is 0 Å². The highest BCUT2D eigenvalue weighted by molar-refractivity contribution is 5.40. The van der Waals surface area contributed by atoms with E-state index in [0.717, 1.165) is 18.2 Å². The smallest absolute Gasteiger partial charge is 0.0503 e. The Balaban J connectivity index is 1.75. The first kappa shape index (κ1) is 14.4. The SMILES string of the molecule is COCC1CCN(CCC(C)c2ccc(N)cc2)C1. The molecule has 0 spiro atoms. The lowest BCUT2D eigenvalue weighted by Crippen LogP contribution is -2.24. The fraction of sp³-hybridized carbons (Fsp3) is 0.625. The molecule has 1 fully saturated rings. The second-order valence-corrected chi connectivity index (χ2v) is 5.77. The Morgan fingerprint density at radius 1 is 1.37 bits per heavy atom. The number of likely N-dealkylation sites (tertiary alicyclic amines) is 1. The van der Waals surface area contributed by atoms with Gasteiger partial charge in [-0.25, -0.2) is 0 Å². The molecule has 19 heavy (non-hydrogen) atoms. The van der Waals surface area contributed by atoms with E-state index in [9.17, 15) is 0 Å². The Morgan fingerprint density at radius 2 is 2.11 bits per heavy atom. The standard InChI is InChI=1S/C16H26N2O/c1-13(15-3-5-16(17)6-4-15)7-9-18-10-8-14(11-18)12-19-2/h3-6,13-14H,7-12,17H2,1-2H3. The lowest BCUT2D eigenvalue weighted by Gasteiger charge is -2.19. The average Bonchev–Trinajstić information content (AvgIpc) is 2.85. The Hall–Kier alpha value is -1.06. The van der Waals surface area contributed by atoms with Gasteiger partial charge < -0.3 is 15.4 Å². The molecule has 3 nitrogen and oxygen atoms in total. The van der Waals surface area contributed by atoms with Crippen molar-refractivity contribution < 1.29 is 4.74 Å². The normalized spacial score (nSPS) is 21.7. The van der Waals surface area contributed by atoms with Gasteiger partial charge >= 0.3 is 0 Å². The van der Waals surface area contributed by atoms with Gasteiger partial charge in [-0.3, -0.25) is 0 Å². The molecular weight excluding hydrogens is 236 g/mol. The van der Waals surface area contributed by atoms with Gasteiger partial charge in [-0.15, -0.1) is 0 Å². The molecule has 0 bridgehead atoms. The summed E-state index contributed by atoms with van der Waals surface area (Å²) in [4.78, 5) is 2.57. The van der Waals surface area contributed by atoms with E-state index in [1.807, 2.05) is 12.1 Å². The molecule has 1 saturated heterocycles. The van der Waals surface area contributed by atoms with Crippen LogP contribution in [0.5, 0.6) is 0 Å². The van der Waals surface area contributed by atoms with E-state index in [1.54, 1.807) is 7.11 Å². The highest BCUT2D eigenvalue weighted by Gasteiger charge is 2.22. The van der Waals surface area contributed by atoms with Gasteiger partial charge in [-0.05, 0) is 55.5 Å². The molecule has 1 heterocycles. The third-order valence-electron chi connectivity index (χ3n) is 4.16. The molecule has 1 aliphatic heterocycles. The van der Waals surface area contributed by atoms with Crippen LogP contribution in [0.2, 0.25) is 0 Å². The third-order valence-corrected chi connectivity index (χ3v) is 4.16. The summed E-state index contributed by atoms with van der Waals surface area (Å²) in [7, 11) is 1.80. The van der Waals surface area contributed by atoms with Crippen molar-refractivity contribution in [2.24, 2.45) is 5.92 Å². The number of hydrogen-bond acceptors (Lipinski definition) is 3. The molecule has 2 unspecified atom stereocenters. The van der Waals surface area contributed by atoms with Crippen LogP contribution in [-0.2, 0) is 4.74 Å². The van der Waals surface area contributed by atoms with Gasteiger partial charge in [0.1, 0.15) is 0 Å². The second-order valence-electron chi connectivity index (χ2n) is 5.77. The lowest BCUT2D eigenvalue weighted by atomic mass is 9.97. The molecule has 0 saturated carbocycles. The molecule has 1 aromatic carbocycles. The van der Waals surface area contributed by atoms with E-state index in [1.165, 1.54) is 38.0 Å². The Labute approximate surface area is 116 Å². The van der Waals surface area contributed by atoms with Gasteiger partial charge in [-0.1, -0.05) is 19.1 Å². The van der Waals surface area contributed by atoms with E-state index < -0.39 is 0 Å². The Kier molecular flexibility index (Phi) is 5.23. The highest BCUT2D eigenvalue weighted by atomic mass is 16.5. The van der Waals surface area contributed by atoms with Gasteiger partial charge in [0.05, 0.1) is 6.61 Å². The predicted octanol–water partition coefficient (Wildman–Crippen LogP) is 2.73. The van der Waals surface area contributed by atoms with Crippen LogP contribution in [0.4, 0.5) is 5.69 Å². The van der Waals surface area contributed by atoms with Crippen molar-refractivity contribution in [1.82, 2.24) is 4.90 Å². The number of anilines is 1. The van der Waals surface area contributed by atoms with Crippen LogP contribution in [0.3, 0.4) is 0 Å². The number of hydrogen-bond donors (Lipinski definition) is 1. The molecule has 0 aliphatic carbocycles. The van der Waals surface area contributed by atoms with Gasteiger partial charge in [-0.2, -0.15) is 0 Å². The first-order valence-electron chi connectivity index (χ1n) is 7.25. The molecule has 2 atom stereocenters. The number of nitrogens with zero attached hydrogens (tertiary/aromatic N) is 1. The fourth-order valence-electron chi connectivity index (χ4n) is 2.86. The van der Waals surface area contributed by atoms with Crippen molar-refractivity contribution >= 4 is 5.69 Å². The first-order chi connectivity index (χ1) is 9.19. The first-order valence-corrected chi connectivity index (χ1v) is 7.25. The van der Waals surface area contributed by atoms with Crippen molar-refractivity contribution in [3.8, 4) is 0 Å². The summed E-state index contributed by atoms with van der Waals surface area (Å²) in [6.07, 6.45) is 2.49. The third kappa shape index (κ3) is 4.22. The minimum absolute atomic E-state index is 0.599. The summed E-state index contributed by atoms with van der Waals surface area (Å²) in [5, 5.41) is 0. The number of ether oxygens (including phenoxy) is 1. The largest absolute Gasteiger partial charge is 0.399 e. The lowest BCUT2D eigenvalue weighted by molar-refractivity contribution is 0.153. The number of methoxy groups -OCH3 is 1. The van der Waals surface area contributed by atoms with Crippen LogP contribution in [0.1, 0.15) is 31.2 Å². The maximum atomic E-state index is 5.72. The topological polar surface area (TPSA) is 38.5 Å². The van der Waals surface area contributed by atoms with Crippen LogP contribution in [0, 0.1) is 5.92 Å². The molecule has 0 amide bonds. The monoisotopic (exact) mass is 262 g/mol. The summed E-state index contributed by atoms with van der Waals surface area (Å²) < 4.78 is 5.24. The van der Waals surface area contributed by atoms with Crippen molar-refractivity contribution in [2.75, 3.05) is 39.1 Å². The minimum Gasteiger partial charge on any atom is -0.399 e. The van der Waals surface area contributed by atoms with Gasteiger partial charge in [0, 0.05) is 19.3 Å². The summed E-state index contributed by atoms with van der Waals surface area (Å²) >= 11 is 0. The number of nitrogen functional groups attached to an aromatic ring is 1. The summed E-state index contributed by atoms with van der Waals surface area (Å²) in [6, 6.07) is 8.29. The van der Waals surface area contributed by atoms with Crippen LogP contribution in [0.15, 0.2) is 24.3 Å². The van der Waals surface area contributed by atoms with Gasteiger partial charge in [0.15, 0.2) is 0 Å². The van der Waals surface area contributed by atoms with Crippen molar-refractivity contribution in [2.45, 2.75) is 25.7 Å². The van der Waals surface area contributed by atoms with Crippen molar-refractivity contribution in [3.05, 3.63) is 29.8 Å². The fourth-order valence-corrected chi connectivity index (χ4v) is 2.86. The molecule has 1 aromatic rings. The molecule has 106 valence electrons. The van der Waals surface area contributed by atoms with Crippen LogP contribution in [-0.4, -0.2) is 38.3 Å². The summed E-state index contributed by atoms with van der Waals surface area (Å²) in [6.45, 7) is 6.81. The van der Waals surface area contributed by atoms with Crippen molar-refractivity contribution in [3.63, 3.8) is 0 Å². The number of rotatable bonds is 6. The predicted molar refractivity (Wildman–Crippen MR) is 80.3 cm³/mol. The van der Waals surface area contributed by atoms with Crippen molar-refractivity contribution in [1.29, 1.82) is 0 Å².